The number of nitrogens with zero attached hydrogens (tertiary/aromatic N) is 2. The Balaban J connectivity index is 1.52. The van der Waals surface area contributed by atoms with E-state index >= 15 is 0 Å². The summed E-state index contributed by atoms with van der Waals surface area (Å²) in [6, 6.07) is 15.8. The number of carbonyl (C=O) groups is 3. The largest absolute Gasteiger partial charge is 0.452 e. The lowest BCUT2D eigenvalue weighted by Crippen LogP contribution is -2.47. The van der Waals surface area contributed by atoms with Crippen LogP contribution in [0.1, 0.15) is 42.5 Å². The van der Waals surface area contributed by atoms with Crippen LogP contribution in [0.25, 0.3) is 0 Å². The summed E-state index contributed by atoms with van der Waals surface area (Å²) in [7, 11) is 2.95. The second kappa shape index (κ2) is 9.42. The van der Waals surface area contributed by atoms with Crippen LogP contribution >= 0.6 is 0 Å². The molecule has 2 aliphatic rings. The predicted molar refractivity (Wildman–Crippen MR) is 123 cm³/mol. The average Bonchev–Trinajstić information content (AvgIpc) is 3.23. The quantitative estimate of drug-likeness (QED) is 0.777. The molecule has 1 saturated heterocycles. The van der Waals surface area contributed by atoms with E-state index in [1.807, 2.05) is 35.2 Å². The SMILES string of the molecule is COC(=O)N(C)c1ccc(NC(=O)C2CC3CCCCC3N2C(=O)c2ccccc2)cc1. The van der Waals surface area contributed by atoms with E-state index in [1.165, 1.54) is 12.0 Å². The summed E-state index contributed by atoms with van der Waals surface area (Å²) in [5.74, 6) is 0.121. The van der Waals surface area contributed by atoms with E-state index < -0.39 is 12.1 Å². The zero-order valence-corrected chi connectivity index (χ0v) is 18.5. The maximum Gasteiger partial charge on any atom is 0.413 e. The Morgan fingerprint density at radius 2 is 1.69 bits per heavy atom. The molecule has 7 heteroatoms. The smallest absolute Gasteiger partial charge is 0.413 e. The molecule has 0 radical (unpaired) electrons. The van der Waals surface area contributed by atoms with Gasteiger partial charge in [0.15, 0.2) is 0 Å². The first-order valence-electron chi connectivity index (χ1n) is 11.1. The molecule has 2 fully saturated rings. The highest BCUT2D eigenvalue weighted by Gasteiger charge is 2.47. The van der Waals surface area contributed by atoms with Crippen LogP contribution in [-0.4, -0.2) is 49.0 Å². The monoisotopic (exact) mass is 435 g/mol. The summed E-state index contributed by atoms with van der Waals surface area (Å²) >= 11 is 0. The Labute approximate surface area is 188 Å². The second-order valence-electron chi connectivity index (χ2n) is 8.51. The zero-order valence-electron chi connectivity index (χ0n) is 18.5. The molecule has 3 amide bonds. The number of anilines is 2. The fraction of sp³-hybridized carbons (Fsp3) is 0.400. The lowest BCUT2D eigenvalue weighted by molar-refractivity contribution is -0.120. The standard InChI is InChI=1S/C25H29N3O4/c1-27(25(31)32-2)20-14-12-19(13-15-20)26-23(29)22-16-18-10-6-7-11-21(18)28(22)24(30)17-8-4-3-5-9-17/h3-5,8-9,12-15,18,21-22H,6-7,10-11,16H2,1-2H3,(H,26,29). The summed E-state index contributed by atoms with van der Waals surface area (Å²) in [4.78, 5) is 41.6. The number of likely N-dealkylation sites (tertiary alicyclic amines) is 1. The number of hydrogen-bond donors (Lipinski definition) is 1. The number of carbonyl (C=O) groups excluding carboxylic acids is 3. The van der Waals surface area contributed by atoms with Gasteiger partial charge in [0.05, 0.1) is 7.11 Å². The number of rotatable bonds is 4. The fourth-order valence-electron chi connectivity index (χ4n) is 4.95. The van der Waals surface area contributed by atoms with Crippen LogP contribution in [0.15, 0.2) is 54.6 Å². The van der Waals surface area contributed by atoms with Crippen molar-refractivity contribution in [3.63, 3.8) is 0 Å². The van der Waals surface area contributed by atoms with Crippen molar-refractivity contribution in [2.45, 2.75) is 44.2 Å². The third-order valence-electron chi connectivity index (χ3n) is 6.62. The van der Waals surface area contributed by atoms with E-state index in [0.29, 0.717) is 29.3 Å². The van der Waals surface area contributed by atoms with Crippen molar-refractivity contribution < 1.29 is 19.1 Å². The van der Waals surface area contributed by atoms with E-state index in [4.69, 9.17) is 4.74 Å². The maximum absolute atomic E-state index is 13.4. The van der Waals surface area contributed by atoms with Gasteiger partial charge in [-0.2, -0.15) is 0 Å². The topological polar surface area (TPSA) is 79.0 Å². The lowest BCUT2D eigenvalue weighted by Gasteiger charge is -2.33. The number of benzene rings is 2. The van der Waals surface area contributed by atoms with Gasteiger partial charge in [0, 0.05) is 30.0 Å². The highest BCUT2D eigenvalue weighted by molar-refractivity contribution is 6.02. The summed E-state index contributed by atoms with van der Waals surface area (Å²) in [6.07, 6.45) is 4.47. The summed E-state index contributed by atoms with van der Waals surface area (Å²) < 4.78 is 4.73. The number of ether oxygens (including phenoxy) is 1. The van der Waals surface area contributed by atoms with Gasteiger partial charge in [0.2, 0.25) is 5.91 Å². The first kappa shape index (κ1) is 21.9. The normalized spacial score (nSPS) is 22.1. The lowest BCUT2D eigenvalue weighted by atomic mass is 9.84. The Bertz CT molecular complexity index is 976. The van der Waals surface area contributed by atoms with Crippen molar-refractivity contribution in [3.05, 3.63) is 60.2 Å². The van der Waals surface area contributed by atoms with Crippen molar-refractivity contribution >= 4 is 29.3 Å². The molecule has 168 valence electrons. The molecule has 32 heavy (non-hydrogen) atoms. The number of fused-ring (bicyclic) bond motifs is 1. The Kier molecular flexibility index (Phi) is 6.44. The van der Waals surface area contributed by atoms with Crippen LogP contribution in [0.2, 0.25) is 0 Å². The van der Waals surface area contributed by atoms with Crippen molar-refractivity contribution in [3.8, 4) is 0 Å². The Morgan fingerprint density at radius 1 is 1.00 bits per heavy atom. The van der Waals surface area contributed by atoms with Crippen LogP contribution in [0.5, 0.6) is 0 Å². The molecule has 0 aromatic heterocycles. The minimum atomic E-state index is -0.492. The highest BCUT2D eigenvalue weighted by Crippen LogP contribution is 2.40. The van der Waals surface area contributed by atoms with E-state index in [-0.39, 0.29) is 17.9 Å². The molecule has 2 aromatic rings. The van der Waals surface area contributed by atoms with Gasteiger partial charge in [-0.25, -0.2) is 4.79 Å². The molecule has 2 aromatic carbocycles. The number of methoxy groups -OCH3 is 1. The highest BCUT2D eigenvalue weighted by atomic mass is 16.5. The van der Waals surface area contributed by atoms with E-state index in [9.17, 15) is 14.4 Å². The van der Waals surface area contributed by atoms with Gasteiger partial charge in [-0.15, -0.1) is 0 Å². The Morgan fingerprint density at radius 3 is 2.38 bits per heavy atom. The molecule has 3 unspecified atom stereocenters. The molecule has 0 spiro atoms. The molecule has 1 aliphatic carbocycles. The first-order chi connectivity index (χ1) is 15.5. The molecule has 1 heterocycles. The summed E-state index contributed by atoms with van der Waals surface area (Å²) in [6.45, 7) is 0. The molecule has 1 saturated carbocycles. The van der Waals surface area contributed by atoms with Crippen LogP contribution in [0.3, 0.4) is 0 Å². The zero-order chi connectivity index (χ0) is 22.7. The van der Waals surface area contributed by atoms with Crippen molar-refractivity contribution in [1.29, 1.82) is 0 Å². The summed E-state index contributed by atoms with van der Waals surface area (Å²) in [5.41, 5.74) is 1.90. The summed E-state index contributed by atoms with van der Waals surface area (Å²) in [5, 5.41) is 2.97. The maximum atomic E-state index is 13.4. The molecule has 7 nitrogen and oxygen atoms in total. The number of hydrogen-bond acceptors (Lipinski definition) is 4. The molecule has 0 bridgehead atoms. The van der Waals surface area contributed by atoms with Gasteiger partial charge in [0.1, 0.15) is 6.04 Å². The third-order valence-corrected chi connectivity index (χ3v) is 6.62. The van der Waals surface area contributed by atoms with Crippen molar-refractivity contribution in [2.24, 2.45) is 5.92 Å². The first-order valence-corrected chi connectivity index (χ1v) is 11.1. The third kappa shape index (κ3) is 4.33. The molecule has 1 aliphatic heterocycles. The van der Waals surface area contributed by atoms with Crippen molar-refractivity contribution in [2.75, 3.05) is 24.4 Å². The van der Waals surface area contributed by atoms with Crippen LogP contribution in [0.4, 0.5) is 16.2 Å². The van der Waals surface area contributed by atoms with Gasteiger partial charge >= 0.3 is 6.09 Å². The second-order valence-corrected chi connectivity index (χ2v) is 8.51. The van der Waals surface area contributed by atoms with Gasteiger partial charge in [-0.1, -0.05) is 31.0 Å². The molecule has 1 N–H and O–H groups in total. The van der Waals surface area contributed by atoms with Crippen molar-refractivity contribution in [1.82, 2.24) is 4.90 Å². The minimum Gasteiger partial charge on any atom is -0.452 e. The number of amides is 3. The predicted octanol–water partition coefficient (Wildman–Crippen LogP) is 4.30. The van der Waals surface area contributed by atoms with Crippen LogP contribution in [0, 0.1) is 5.92 Å². The molecular formula is C25H29N3O4. The van der Waals surface area contributed by atoms with E-state index in [1.54, 1.807) is 31.3 Å². The van der Waals surface area contributed by atoms with Gasteiger partial charge in [-0.05, 0) is 61.6 Å². The van der Waals surface area contributed by atoms with Crippen LogP contribution < -0.4 is 10.2 Å². The van der Waals surface area contributed by atoms with Gasteiger partial charge in [-0.3, -0.25) is 14.5 Å². The molecule has 3 atom stereocenters. The van der Waals surface area contributed by atoms with Gasteiger partial charge < -0.3 is 15.0 Å². The van der Waals surface area contributed by atoms with E-state index in [2.05, 4.69) is 5.32 Å². The van der Waals surface area contributed by atoms with Crippen LogP contribution in [-0.2, 0) is 9.53 Å². The van der Waals surface area contributed by atoms with E-state index in [0.717, 1.165) is 25.7 Å². The average molecular weight is 436 g/mol. The minimum absolute atomic E-state index is 0.0739. The fourth-order valence-corrected chi connectivity index (χ4v) is 4.95. The van der Waals surface area contributed by atoms with Gasteiger partial charge in [0.25, 0.3) is 5.91 Å². The number of nitrogens with one attached hydrogen (secondary N) is 1. The Hall–Kier alpha value is -3.35. The molecular weight excluding hydrogens is 406 g/mol. The molecule has 4 rings (SSSR count).